The lowest BCUT2D eigenvalue weighted by molar-refractivity contribution is 0.733. The Morgan fingerprint density at radius 1 is 1.18 bits per heavy atom. The number of aromatic nitrogens is 1. The van der Waals surface area contributed by atoms with E-state index < -0.39 is 0 Å². The van der Waals surface area contributed by atoms with Gasteiger partial charge in [0.1, 0.15) is 0 Å². The van der Waals surface area contributed by atoms with E-state index in [1.807, 2.05) is 24.3 Å². The molecular weight excluding hydrogens is 248 g/mol. The highest BCUT2D eigenvalue weighted by Gasteiger charge is 2.11. The maximum Gasteiger partial charge on any atom is 0.0957 e. The lowest BCUT2D eigenvalue weighted by Gasteiger charge is -2.05. The highest BCUT2D eigenvalue weighted by atomic mass is 32.1. The van der Waals surface area contributed by atoms with E-state index in [1.54, 1.807) is 22.7 Å². The van der Waals surface area contributed by atoms with E-state index in [1.165, 1.54) is 9.58 Å². The van der Waals surface area contributed by atoms with Crippen LogP contribution in [0, 0.1) is 0 Å². The lowest BCUT2D eigenvalue weighted by Crippen LogP contribution is -2.11. The molecule has 0 amide bonds. The van der Waals surface area contributed by atoms with Gasteiger partial charge in [-0.05, 0) is 23.6 Å². The Bertz CT molecular complexity index is 580. The predicted molar refractivity (Wildman–Crippen MR) is 74.6 cm³/mol. The first-order valence-electron chi connectivity index (χ1n) is 5.46. The second-order valence-electron chi connectivity index (χ2n) is 3.90. The molecule has 1 aromatic carbocycles. The van der Waals surface area contributed by atoms with Crippen LogP contribution in [0.5, 0.6) is 0 Å². The summed E-state index contributed by atoms with van der Waals surface area (Å²) in [6.07, 6.45) is 0.819. The quantitative estimate of drug-likeness (QED) is 0.781. The molecule has 0 aliphatic heterocycles. The molecule has 0 fully saturated rings. The van der Waals surface area contributed by atoms with Crippen LogP contribution in [0.25, 0.3) is 10.2 Å². The van der Waals surface area contributed by atoms with Crippen molar-refractivity contribution in [3.8, 4) is 0 Å². The first-order valence-corrected chi connectivity index (χ1v) is 7.16. The summed E-state index contributed by atoms with van der Waals surface area (Å²) < 4.78 is 1.24. The van der Waals surface area contributed by atoms with Crippen LogP contribution in [0.3, 0.4) is 0 Å². The minimum absolute atomic E-state index is 0.0653. The molecule has 0 spiro atoms. The van der Waals surface area contributed by atoms with E-state index in [0.29, 0.717) is 0 Å². The van der Waals surface area contributed by atoms with Crippen molar-refractivity contribution >= 4 is 32.9 Å². The van der Waals surface area contributed by atoms with Gasteiger partial charge in [-0.15, -0.1) is 22.7 Å². The number of para-hydroxylation sites is 1. The van der Waals surface area contributed by atoms with Gasteiger partial charge in [0.2, 0.25) is 0 Å². The number of thiophene rings is 1. The fourth-order valence-electron chi connectivity index (χ4n) is 1.80. The minimum atomic E-state index is 0.0653. The van der Waals surface area contributed by atoms with E-state index in [9.17, 15) is 0 Å². The molecule has 0 radical (unpaired) electrons. The summed E-state index contributed by atoms with van der Waals surface area (Å²) in [7, 11) is 0. The molecule has 2 aromatic heterocycles. The van der Waals surface area contributed by atoms with Crippen molar-refractivity contribution in [3.05, 3.63) is 51.7 Å². The number of hydrogen-bond acceptors (Lipinski definition) is 4. The molecule has 17 heavy (non-hydrogen) atoms. The fraction of sp³-hybridized carbons (Fsp3) is 0.154. The molecule has 3 aromatic rings. The standard InChI is InChI=1S/C13H12N2S2/c14-9(11-6-3-7-16-11)8-13-15-10-4-1-2-5-12(10)17-13/h1-7,9H,8,14H2. The van der Waals surface area contributed by atoms with E-state index in [-0.39, 0.29) is 6.04 Å². The molecule has 1 atom stereocenters. The van der Waals surface area contributed by atoms with Crippen molar-refractivity contribution in [2.24, 2.45) is 5.73 Å². The van der Waals surface area contributed by atoms with Crippen molar-refractivity contribution in [1.82, 2.24) is 4.98 Å². The van der Waals surface area contributed by atoms with Crippen molar-refractivity contribution in [1.29, 1.82) is 0 Å². The Kier molecular flexibility index (Phi) is 2.93. The van der Waals surface area contributed by atoms with Gasteiger partial charge in [0, 0.05) is 17.3 Å². The van der Waals surface area contributed by atoms with Crippen LogP contribution in [0.2, 0.25) is 0 Å². The van der Waals surface area contributed by atoms with Crippen LogP contribution >= 0.6 is 22.7 Å². The van der Waals surface area contributed by atoms with Crippen LogP contribution in [-0.2, 0) is 6.42 Å². The Balaban J connectivity index is 1.85. The number of fused-ring (bicyclic) bond motifs is 1. The third-order valence-corrected chi connectivity index (χ3v) is 4.70. The molecule has 0 saturated carbocycles. The predicted octanol–water partition coefficient (Wildman–Crippen LogP) is 3.60. The monoisotopic (exact) mass is 260 g/mol. The molecule has 0 saturated heterocycles. The molecule has 2 heterocycles. The molecule has 0 aliphatic carbocycles. The molecule has 2 nitrogen and oxygen atoms in total. The molecular formula is C13H12N2S2. The summed E-state index contributed by atoms with van der Waals surface area (Å²) >= 11 is 3.45. The maximum atomic E-state index is 6.17. The molecule has 86 valence electrons. The zero-order valence-electron chi connectivity index (χ0n) is 9.17. The number of nitrogens with zero attached hydrogens (tertiary/aromatic N) is 1. The Labute approximate surface area is 108 Å². The van der Waals surface area contributed by atoms with E-state index in [4.69, 9.17) is 5.73 Å². The van der Waals surface area contributed by atoms with Crippen LogP contribution in [0.4, 0.5) is 0 Å². The maximum absolute atomic E-state index is 6.17. The molecule has 0 aliphatic rings. The van der Waals surface area contributed by atoms with Crippen LogP contribution < -0.4 is 5.73 Å². The number of nitrogens with two attached hydrogens (primary N) is 1. The molecule has 1 unspecified atom stereocenters. The highest BCUT2D eigenvalue weighted by molar-refractivity contribution is 7.18. The van der Waals surface area contributed by atoms with Crippen LogP contribution in [0.1, 0.15) is 15.9 Å². The zero-order chi connectivity index (χ0) is 11.7. The normalized spacial score (nSPS) is 13.0. The second kappa shape index (κ2) is 4.56. The summed E-state index contributed by atoms with van der Waals surface area (Å²) in [5.74, 6) is 0. The summed E-state index contributed by atoms with van der Waals surface area (Å²) in [4.78, 5) is 5.83. The molecule has 2 N–H and O–H groups in total. The van der Waals surface area contributed by atoms with E-state index in [0.717, 1.165) is 16.9 Å². The lowest BCUT2D eigenvalue weighted by atomic mass is 10.2. The number of hydrogen-bond donors (Lipinski definition) is 1. The third kappa shape index (κ3) is 2.24. The van der Waals surface area contributed by atoms with Gasteiger partial charge in [0.25, 0.3) is 0 Å². The summed E-state index contributed by atoms with van der Waals surface area (Å²) in [5, 5.41) is 3.18. The average Bonchev–Trinajstić information content (AvgIpc) is 2.97. The van der Waals surface area contributed by atoms with Crippen molar-refractivity contribution in [2.75, 3.05) is 0 Å². The first-order chi connectivity index (χ1) is 8.33. The minimum Gasteiger partial charge on any atom is -0.323 e. The zero-order valence-corrected chi connectivity index (χ0v) is 10.8. The fourth-order valence-corrected chi connectivity index (χ4v) is 3.55. The highest BCUT2D eigenvalue weighted by Crippen LogP contribution is 2.26. The Hall–Kier alpha value is -1.23. The number of rotatable bonds is 3. The van der Waals surface area contributed by atoms with Gasteiger partial charge in [-0.3, -0.25) is 0 Å². The van der Waals surface area contributed by atoms with Gasteiger partial charge in [0.15, 0.2) is 0 Å². The summed E-state index contributed by atoms with van der Waals surface area (Å²) in [5.41, 5.74) is 7.25. The SMILES string of the molecule is NC(Cc1nc2ccccc2s1)c1cccs1. The molecule has 4 heteroatoms. The first kappa shape index (κ1) is 10.9. The number of thiazole rings is 1. The number of benzene rings is 1. The third-order valence-electron chi connectivity index (χ3n) is 2.64. The van der Waals surface area contributed by atoms with Gasteiger partial charge in [-0.2, -0.15) is 0 Å². The second-order valence-corrected chi connectivity index (χ2v) is 6.00. The van der Waals surface area contributed by atoms with Crippen LogP contribution in [-0.4, -0.2) is 4.98 Å². The van der Waals surface area contributed by atoms with Crippen molar-refractivity contribution in [2.45, 2.75) is 12.5 Å². The van der Waals surface area contributed by atoms with Gasteiger partial charge in [0.05, 0.1) is 15.2 Å². The van der Waals surface area contributed by atoms with Gasteiger partial charge < -0.3 is 5.73 Å². The average molecular weight is 260 g/mol. The largest absolute Gasteiger partial charge is 0.323 e. The van der Waals surface area contributed by atoms with Gasteiger partial charge in [-0.1, -0.05) is 18.2 Å². The van der Waals surface area contributed by atoms with E-state index in [2.05, 4.69) is 22.5 Å². The summed E-state index contributed by atoms with van der Waals surface area (Å²) in [6.45, 7) is 0. The van der Waals surface area contributed by atoms with Crippen molar-refractivity contribution in [3.63, 3.8) is 0 Å². The van der Waals surface area contributed by atoms with Gasteiger partial charge >= 0.3 is 0 Å². The van der Waals surface area contributed by atoms with E-state index >= 15 is 0 Å². The molecule has 3 rings (SSSR count). The van der Waals surface area contributed by atoms with Crippen LogP contribution in [0.15, 0.2) is 41.8 Å². The smallest absolute Gasteiger partial charge is 0.0957 e. The topological polar surface area (TPSA) is 38.9 Å². The van der Waals surface area contributed by atoms with Gasteiger partial charge in [-0.25, -0.2) is 4.98 Å². The Morgan fingerprint density at radius 3 is 2.82 bits per heavy atom. The molecule has 0 bridgehead atoms. The Morgan fingerprint density at radius 2 is 2.06 bits per heavy atom. The van der Waals surface area contributed by atoms with Crippen molar-refractivity contribution < 1.29 is 0 Å². The summed E-state index contributed by atoms with van der Waals surface area (Å²) in [6, 6.07) is 12.4.